The number of carboxylic acids is 1. The normalized spacial score (nSPS) is 17.0. The van der Waals surface area contributed by atoms with E-state index in [4.69, 9.17) is 0 Å². The molecular formula is C19H19N3O2. The molecule has 0 bridgehead atoms. The average Bonchev–Trinajstić information content (AvgIpc) is 2.91. The molecule has 5 heteroatoms. The second-order valence-electron chi connectivity index (χ2n) is 6.34. The van der Waals surface area contributed by atoms with Crippen LogP contribution < -0.4 is 4.90 Å². The fraction of sp³-hybridized carbons (Fsp3) is 0.263. The summed E-state index contributed by atoms with van der Waals surface area (Å²) in [7, 11) is 1.94. The van der Waals surface area contributed by atoms with Crippen LogP contribution in [0.2, 0.25) is 0 Å². The molecule has 1 atom stereocenters. The zero-order valence-corrected chi connectivity index (χ0v) is 13.5. The van der Waals surface area contributed by atoms with Crippen LogP contribution in [-0.4, -0.2) is 27.4 Å². The highest BCUT2D eigenvalue weighted by atomic mass is 16.4. The van der Waals surface area contributed by atoms with Crippen molar-refractivity contribution in [2.75, 3.05) is 11.4 Å². The van der Waals surface area contributed by atoms with Crippen molar-refractivity contribution in [3.8, 4) is 0 Å². The molecule has 2 heterocycles. The van der Waals surface area contributed by atoms with Gasteiger partial charge < -0.3 is 10.0 Å². The molecule has 0 saturated carbocycles. The minimum Gasteiger partial charge on any atom is -0.481 e. The summed E-state index contributed by atoms with van der Waals surface area (Å²) in [6.45, 7) is 1.12. The highest BCUT2D eigenvalue weighted by Gasteiger charge is 2.29. The highest BCUT2D eigenvalue weighted by molar-refractivity contribution is 5.82. The van der Waals surface area contributed by atoms with Gasteiger partial charge in [-0.3, -0.25) is 9.48 Å². The molecule has 122 valence electrons. The van der Waals surface area contributed by atoms with Gasteiger partial charge in [-0.2, -0.15) is 5.10 Å². The van der Waals surface area contributed by atoms with Crippen molar-refractivity contribution < 1.29 is 9.90 Å². The summed E-state index contributed by atoms with van der Waals surface area (Å²) in [6, 6.07) is 16.2. The van der Waals surface area contributed by atoms with E-state index < -0.39 is 5.97 Å². The van der Waals surface area contributed by atoms with E-state index in [1.54, 1.807) is 0 Å². The van der Waals surface area contributed by atoms with E-state index in [-0.39, 0.29) is 5.92 Å². The lowest BCUT2D eigenvalue weighted by Crippen LogP contribution is -2.38. The monoisotopic (exact) mass is 321 g/mol. The molecule has 1 aromatic heterocycles. The number of nitrogens with zero attached hydrogens (tertiary/aromatic N) is 3. The Balaban J connectivity index is 1.74. The third kappa shape index (κ3) is 2.42. The number of anilines is 1. The maximum atomic E-state index is 11.5. The molecule has 0 spiro atoms. The van der Waals surface area contributed by atoms with Crippen LogP contribution in [0.4, 0.5) is 5.69 Å². The van der Waals surface area contributed by atoms with Gasteiger partial charge in [0.15, 0.2) is 0 Å². The van der Waals surface area contributed by atoms with Gasteiger partial charge in [0.2, 0.25) is 0 Å². The summed E-state index contributed by atoms with van der Waals surface area (Å²) >= 11 is 0. The second-order valence-corrected chi connectivity index (χ2v) is 6.34. The van der Waals surface area contributed by atoms with Crippen LogP contribution in [0.3, 0.4) is 0 Å². The van der Waals surface area contributed by atoms with Gasteiger partial charge in [-0.15, -0.1) is 0 Å². The Bertz CT molecular complexity index is 916. The molecule has 5 nitrogen and oxygen atoms in total. The maximum Gasteiger partial charge on any atom is 0.308 e. The van der Waals surface area contributed by atoms with E-state index >= 15 is 0 Å². The number of carbonyl (C=O) groups is 1. The number of aliphatic carboxylic acids is 1. The molecule has 3 aromatic rings. The first-order chi connectivity index (χ1) is 11.6. The van der Waals surface area contributed by atoms with Crippen molar-refractivity contribution in [2.24, 2.45) is 13.0 Å². The Morgan fingerprint density at radius 1 is 1.21 bits per heavy atom. The van der Waals surface area contributed by atoms with Gasteiger partial charge >= 0.3 is 5.97 Å². The number of benzene rings is 2. The molecule has 1 N–H and O–H groups in total. The van der Waals surface area contributed by atoms with Gasteiger partial charge in [-0.05, 0) is 24.1 Å². The van der Waals surface area contributed by atoms with Gasteiger partial charge in [0, 0.05) is 24.7 Å². The van der Waals surface area contributed by atoms with Crippen LogP contribution >= 0.6 is 0 Å². The van der Waals surface area contributed by atoms with Crippen molar-refractivity contribution in [3.05, 3.63) is 59.8 Å². The summed E-state index contributed by atoms with van der Waals surface area (Å²) in [6.07, 6.45) is 0.588. The minimum atomic E-state index is -0.736. The molecule has 0 aliphatic carbocycles. The molecule has 24 heavy (non-hydrogen) atoms. The number of hydrogen-bond acceptors (Lipinski definition) is 3. The van der Waals surface area contributed by atoms with Crippen LogP contribution in [0.25, 0.3) is 10.9 Å². The lowest BCUT2D eigenvalue weighted by atomic mass is 9.92. The van der Waals surface area contributed by atoms with Crippen molar-refractivity contribution in [1.29, 1.82) is 0 Å². The number of aryl methyl sites for hydroxylation is 1. The lowest BCUT2D eigenvalue weighted by Gasteiger charge is -2.34. The quantitative estimate of drug-likeness (QED) is 0.806. The van der Waals surface area contributed by atoms with Gasteiger partial charge in [0.1, 0.15) is 0 Å². The summed E-state index contributed by atoms with van der Waals surface area (Å²) in [5.74, 6) is -1.12. The zero-order chi connectivity index (χ0) is 16.7. The molecule has 0 amide bonds. The smallest absolute Gasteiger partial charge is 0.308 e. The average molecular weight is 321 g/mol. The predicted molar refractivity (Wildman–Crippen MR) is 93.0 cm³/mol. The van der Waals surface area contributed by atoms with Crippen molar-refractivity contribution in [2.45, 2.75) is 13.0 Å². The largest absolute Gasteiger partial charge is 0.481 e. The molecular weight excluding hydrogens is 302 g/mol. The zero-order valence-electron chi connectivity index (χ0n) is 13.5. The Kier molecular flexibility index (Phi) is 3.49. The summed E-state index contributed by atoms with van der Waals surface area (Å²) in [4.78, 5) is 13.7. The van der Waals surface area contributed by atoms with E-state index in [0.717, 1.165) is 27.8 Å². The second kappa shape index (κ2) is 5.67. The first-order valence-electron chi connectivity index (χ1n) is 8.10. The summed E-state index contributed by atoms with van der Waals surface area (Å²) < 4.78 is 1.88. The Hall–Kier alpha value is -2.82. The lowest BCUT2D eigenvalue weighted by molar-refractivity contribution is -0.141. The summed E-state index contributed by atoms with van der Waals surface area (Å²) in [5, 5.41) is 15.3. The first-order valence-corrected chi connectivity index (χ1v) is 8.10. The Morgan fingerprint density at radius 3 is 2.79 bits per heavy atom. The molecule has 2 aromatic carbocycles. The molecule has 4 rings (SSSR count). The number of hydrogen-bond donors (Lipinski definition) is 1. The van der Waals surface area contributed by atoms with Crippen LogP contribution in [0, 0.1) is 5.92 Å². The fourth-order valence-corrected chi connectivity index (χ4v) is 3.59. The topological polar surface area (TPSA) is 58.4 Å². The fourth-order valence-electron chi connectivity index (χ4n) is 3.59. The molecule has 1 aliphatic heterocycles. The predicted octanol–water partition coefficient (Wildman–Crippen LogP) is 2.84. The summed E-state index contributed by atoms with van der Waals surface area (Å²) in [5.41, 5.74) is 4.28. The molecule has 0 radical (unpaired) electrons. The third-order valence-electron chi connectivity index (χ3n) is 4.76. The number of rotatable bonds is 3. The van der Waals surface area contributed by atoms with Gasteiger partial charge in [-0.1, -0.05) is 36.4 Å². The van der Waals surface area contributed by atoms with Crippen molar-refractivity contribution >= 4 is 22.6 Å². The minimum absolute atomic E-state index is 0.380. The Morgan fingerprint density at radius 2 is 1.96 bits per heavy atom. The maximum absolute atomic E-state index is 11.5. The molecule has 0 fully saturated rings. The van der Waals surface area contributed by atoms with Crippen molar-refractivity contribution in [3.63, 3.8) is 0 Å². The number of fused-ring (bicyclic) bond motifs is 2. The van der Waals surface area contributed by atoms with E-state index in [2.05, 4.69) is 28.2 Å². The van der Waals surface area contributed by atoms with Crippen LogP contribution in [0.5, 0.6) is 0 Å². The SMILES string of the molecule is Cn1nc(CN2CC(C(=O)O)Cc3ccccc32)c2ccccc21. The van der Waals surface area contributed by atoms with Crippen LogP contribution in [0.1, 0.15) is 11.3 Å². The van der Waals surface area contributed by atoms with Crippen LogP contribution in [0.15, 0.2) is 48.5 Å². The van der Waals surface area contributed by atoms with Crippen molar-refractivity contribution in [1.82, 2.24) is 9.78 Å². The van der Waals surface area contributed by atoms with Gasteiger partial charge in [0.25, 0.3) is 0 Å². The number of aromatic nitrogens is 2. The first kappa shape index (κ1) is 14.8. The van der Waals surface area contributed by atoms with Gasteiger partial charge in [-0.25, -0.2) is 0 Å². The Labute approximate surface area is 140 Å². The van der Waals surface area contributed by atoms with E-state index in [1.807, 2.05) is 42.1 Å². The van der Waals surface area contributed by atoms with E-state index in [9.17, 15) is 9.90 Å². The standard InChI is InChI=1S/C19H19N3O2/c1-21-18-9-5-3-7-15(18)16(20-21)12-22-11-14(19(23)24)10-13-6-2-4-8-17(13)22/h2-9,14H,10-12H2,1H3,(H,23,24). The molecule has 1 unspecified atom stereocenters. The van der Waals surface area contributed by atoms with Gasteiger partial charge in [0.05, 0.1) is 23.7 Å². The number of carboxylic acid groups (broad SMARTS) is 1. The van der Waals surface area contributed by atoms with Crippen LogP contribution in [-0.2, 0) is 24.8 Å². The molecule has 1 aliphatic rings. The van der Waals surface area contributed by atoms with E-state index in [1.165, 1.54) is 0 Å². The molecule has 0 saturated heterocycles. The highest BCUT2D eigenvalue weighted by Crippen LogP contribution is 2.31. The third-order valence-corrected chi connectivity index (χ3v) is 4.76. The number of para-hydroxylation sites is 2. The van der Waals surface area contributed by atoms with E-state index in [0.29, 0.717) is 19.5 Å².